The number of nitrogens with zero attached hydrogens (tertiary/aromatic N) is 2. The highest BCUT2D eigenvalue weighted by Crippen LogP contribution is 2.37. The molecular formula is C11H18N2O2. The molecule has 0 aliphatic carbocycles. The molecule has 0 rings (SSSR count). The first kappa shape index (κ1) is 13.8. The van der Waals surface area contributed by atoms with Crippen molar-refractivity contribution in [2.75, 3.05) is 0 Å². The third-order valence-corrected chi connectivity index (χ3v) is 3.47. The molecule has 2 atom stereocenters. The van der Waals surface area contributed by atoms with Gasteiger partial charge in [0.2, 0.25) is 12.2 Å². The van der Waals surface area contributed by atoms with Gasteiger partial charge in [-0.1, -0.05) is 13.8 Å². The molecule has 0 heterocycles. The van der Waals surface area contributed by atoms with Crippen molar-refractivity contribution in [1.29, 1.82) is 0 Å². The molecule has 4 heteroatoms. The topological polar surface area (TPSA) is 58.9 Å². The molecule has 0 aromatic carbocycles. The fraction of sp³-hybridized carbons (Fsp3) is 0.818. The van der Waals surface area contributed by atoms with Crippen LogP contribution in [-0.2, 0) is 9.59 Å². The molecule has 0 aliphatic heterocycles. The van der Waals surface area contributed by atoms with Crippen molar-refractivity contribution in [3.05, 3.63) is 0 Å². The van der Waals surface area contributed by atoms with E-state index < -0.39 is 0 Å². The highest BCUT2D eigenvalue weighted by atomic mass is 16.1. The number of rotatable bonds is 6. The Bertz CT molecular complexity index is 259. The Balaban J connectivity index is 5.18. The smallest absolute Gasteiger partial charge is 0.211 e. The summed E-state index contributed by atoms with van der Waals surface area (Å²) in [5, 5.41) is 0. The lowest BCUT2D eigenvalue weighted by molar-refractivity contribution is 0.175. The van der Waals surface area contributed by atoms with Gasteiger partial charge in [0.1, 0.15) is 0 Å². The summed E-state index contributed by atoms with van der Waals surface area (Å²) in [6.07, 6.45) is 4.76. The molecule has 0 aliphatic rings. The Labute approximate surface area is 90.5 Å². The second kappa shape index (κ2) is 6.28. The van der Waals surface area contributed by atoms with Crippen molar-refractivity contribution >= 4 is 12.2 Å². The van der Waals surface area contributed by atoms with E-state index in [-0.39, 0.29) is 17.5 Å². The van der Waals surface area contributed by atoms with Crippen molar-refractivity contribution in [1.82, 2.24) is 0 Å². The maximum absolute atomic E-state index is 10.3. The number of hydrogen-bond acceptors (Lipinski definition) is 4. The minimum absolute atomic E-state index is 0.183. The van der Waals surface area contributed by atoms with Crippen LogP contribution in [0.1, 0.15) is 40.5 Å². The van der Waals surface area contributed by atoms with Crippen LogP contribution in [0.3, 0.4) is 0 Å². The first-order chi connectivity index (χ1) is 7.08. The summed E-state index contributed by atoms with van der Waals surface area (Å²) in [5.41, 5.74) is -0.255. The molecule has 15 heavy (non-hydrogen) atoms. The van der Waals surface area contributed by atoms with Gasteiger partial charge in [0, 0.05) is 5.41 Å². The van der Waals surface area contributed by atoms with Crippen molar-refractivity contribution in [3.63, 3.8) is 0 Å². The molecule has 0 spiro atoms. The first-order valence-electron chi connectivity index (χ1n) is 5.23. The Hall–Kier alpha value is -1.24. The summed E-state index contributed by atoms with van der Waals surface area (Å²) in [7, 11) is 0. The third kappa shape index (κ3) is 2.85. The molecule has 0 fully saturated rings. The largest absolute Gasteiger partial charge is 0.235 e. The summed E-state index contributed by atoms with van der Waals surface area (Å²) in [6.45, 7) is 7.73. The molecule has 0 aromatic heterocycles. The Kier molecular flexibility index (Phi) is 5.76. The molecule has 0 bridgehead atoms. The predicted octanol–water partition coefficient (Wildman–Crippen LogP) is 2.24. The standard InChI is InChI=1S/C11H18N2O2/c1-5-11(6-2,9(3)12-7-14)10(4)13-8-15/h9-10H,5-6H2,1-4H3. The summed E-state index contributed by atoms with van der Waals surface area (Å²) < 4.78 is 0. The fourth-order valence-corrected chi connectivity index (χ4v) is 2.20. The van der Waals surface area contributed by atoms with Gasteiger partial charge in [-0.25, -0.2) is 19.6 Å². The van der Waals surface area contributed by atoms with Gasteiger partial charge < -0.3 is 0 Å². The van der Waals surface area contributed by atoms with Gasteiger partial charge in [-0.2, -0.15) is 0 Å². The molecule has 0 radical (unpaired) electrons. The van der Waals surface area contributed by atoms with Gasteiger partial charge in [-0.3, -0.25) is 0 Å². The van der Waals surface area contributed by atoms with Crippen molar-refractivity contribution in [2.45, 2.75) is 52.6 Å². The van der Waals surface area contributed by atoms with Crippen LogP contribution in [0, 0.1) is 5.41 Å². The van der Waals surface area contributed by atoms with Crippen LogP contribution in [0.25, 0.3) is 0 Å². The van der Waals surface area contributed by atoms with Gasteiger partial charge in [0.25, 0.3) is 0 Å². The minimum atomic E-state index is -0.255. The van der Waals surface area contributed by atoms with E-state index in [2.05, 4.69) is 9.98 Å². The Morgan fingerprint density at radius 1 is 1.00 bits per heavy atom. The van der Waals surface area contributed by atoms with Crippen LogP contribution >= 0.6 is 0 Å². The highest BCUT2D eigenvalue weighted by Gasteiger charge is 2.38. The van der Waals surface area contributed by atoms with Crippen LogP contribution in [-0.4, -0.2) is 24.2 Å². The second-order valence-corrected chi connectivity index (χ2v) is 3.73. The molecule has 4 nitrogen and oxygen atoms in total. The van der Waals surface area contributed by atoms with E-state index in [0.29, 0.717) is 0 Å². The van der Waals surface area contributed by atoms with Crippen molar-refractivity contribution < 1.29 is 9.59 Å². The summed E-state index contributed by atoms with van der Waals surface area (Å²) >= 11 is 0. The molecule has 0 saturated carbocycles. The number of isocyanates is 2. The van der Waals surface area contributed by atoms with Crippen LogP contribution in [0.2, 0.25) is 0 Å². The SMILES string of the molecule is CCC(CC)(C(C)N=C=O)C(C)N=C=O. The van der Waals surface area contributed by atoms with E-state index >= 15 is 0 Å². The Morgan fingerprint density at radius 3 is 1.53 bits per heavy atom. The zero-order chi connectivity index (χ0) is 11.9. The molecule has 84 valence electrons. The summed E-state index contributed by atoms with van der Waals surface area (Å²) in [4.78, 5) is 28.0. The van der Waals surface area contributed by atoms with E-state index in [0.717, 1.165) is 12.8 Å². The lowest BCUT2D eigenvalue weighted by atomic mass is 9.71. The monoisotopic (exact) mass is 210 g/mol. The zero-order valence-electron chi connectivity index (χ0n) is 9.78. The van der Waals surface area contributed by atoms with E-state index in [9.17, 15) is 9.59 Å². The summed E-state index contributed by atoms with van der Waals surface area (Å²) in [5.74, 6) is 0. The van der Waals surface area contributed by atoms with Crippen molar-refractivity contribution in [3.8, 4) is 0 Å². The fourth-order valence-electron chi connectivity index (χ4n) is 2.20. The first-order valence-corrected chi connectivity index (χ1v) is 5.23. The molecule has 2 unspecified atom stereocenters. The van der Waals surface area contributed by atoms with Gasteiger partial charge in [-0.15, -0.1) is 0 Å². The molecule has 0 aromatic rings. The zero-order valence-corrected chi connectivity index (χ0v) is 9.78. The quantitative estimate of drug-likeness (QED) is 0.498. The average molecular weight is 210 g/mol. The number of hydrogen-bond donors (Lipinski definition) is 0. The van der Waals surface area contributed by atoms with E-state index in [4.69, 9.17) is 0 Å². The lowest BCUT2D eigenvalue weighted by Gasteiger charge is -2.37. The van der Waals surface area contributed by atoms with Gasteiger partial charge in [-0.05, 0) is 26.7 Å². The van der Waals surface area contributed by atoms with Crippen LogP contribution < -0.4 is 0 Å². The highest BCUT2D eigenvalue weighted by molar-refractivity contribution is 5.35. The van der Waals surface area contributed by atoms with Gasteiger partial charge in [0.05, 0.1) is 12.1 Å². The molecule has 0 saturated heterocycles. The third-order valence-electron chi connectivity index (χ3n) is 3.47. The molecular weight excluding hydrogens is 192 g/mol. The van der Waals surface area contributed by atoms with Crippen LogP contribution in [0.15, 0.2) is 9.98 Å². The maximum atomic E-state index is 10.3. The van der Waals surface area contributed by atoms with E-state index in [1.54, 1.807) is 12.2 Å². The predicted molar refractivity (Wildman–Crippen MR) is 58.2 cm³/mol. The average Bonchev–Trinajstić information content (AvgIpc) is 2.21. The van der Waals surface area contributed by atoms with Gasteiger partial charge >= 0.3 is 0 Å². The second-order valence-electron chi connectivity index (χ2n) is 3.73. The normalized spacial score (nSPS) is 14.7. The van der Waals surface area contributed by atoms with Crippen LogP contribution in [0.5, 0.6) is 0 Å². The molecule has 0 amide bonds. The molecule has 0 N–H and O–H groups in total. The van der Waals surface area contributed by atoms with Crippen molar-refractivity contribution in [2.24, 2.45) is 15.4 Å². The number of carbonyl (C=O) groups excluding carboxylic acids is 2. The van der Waals surface area contributed by atoms with Gasteiger partial charge in [0.15, 0.2) is 0 Å². The number of aliphatic imine (C=N–C) groups is 2. The van der Waals surface area contributed by atoms with Crippen LogP contribution in [0.4, 0.5) is 0 Å². The van der Waals surface area contributed by atoms with E-state index in [1.165, 1.54) is 0 Å². The lowest BCUT2D eigenvalue weighted by Crippen LogP contribution is -2.39. The maximum Gasteiger partial charge on any atom is 0.235 e. The van der Waals surface area contributed by atoms with E-state index in [1.807, 2.05) is 27.7 Å². The Morgan fingerprint density at radius 2 is 1.33 bits per heavy atom. The minimum Gasteiger partial charge on any atom is -0.211 e. The summed E-state index contributed by atoms with van der Waals surface area (Å²) in [6, 6.07) is -0.366.